The van der Waals surface area contributed by atoms with Crippen LogP contribution in [-0.4, -0.2) is 28.7 Å². The number of aromatic nitrogens is 1. The first-order valence-corrected chi connectivity index (χ1v) is 6.32. The molecule has 4 nitrogen and oxygen atoms in total. The molecule has 1 aliphatic rings. The van der Waals surface area contributed by atoms with E-state index in [-0.39, 0.29) is 11.9 Å². The van der Waals surface area contributed by atoms with Crippen molar-refractivity contribution in [1.29, 1.82) is 0 Å². The molecule has 0 aliphatic heterocycles. The quantitative estimate of drug-likeness (QED) is 0.717. The van der Waals surface area contributed by atoms with Gasteiger partial charge in [-0.05, 0) is 25.0 Å². The van der Waals surface area contributed by atoms with Crippen molar-refractivity contribution in [2.45, 2.75) is 29.8 Å². The number of amides is 1. The zero-order valence-electron chi connectivity index (χ0n) is 8.93. The number of carbonyl (C=O) groups excluding carboxylic acids is 1. The monoisotopic (exact) mass is 237 g/mol. The van der Waals surface area contributed by atoms with E-state index in [1.54, 1.807) is 24.2 Å². The highest BCUT2D eigenvalue weighted by molar-refractivity contribution is 7.99. The minimum absolute atomic E-state index is 0.231. The molecule has 1 atom stereocenters. The molecule has 2 rings (SSSR count). The van der Waals surface area contributed by atoms with Crippen LogP contribution in [0.3, 0.4) is 0 Å². The van der Waals surface area contributed by atoms with E-state index in [0.29, 0.717) is 11.8 Å². The van der Waals surface area contributed by atoms with Crippen molar-refractivity contribution in [1.82, 2.24) is 10.3 Å². The molecule has 1 unspecified atom stereocenters. The van der Waals surface area contributed by atoms with Crippen LogP contribution in [-0.2, 0) is 4.79 Å². The third kappa shape index (κ3) is 3.50. The molecule has 1 aliphatic carbocycles. The van der Waals surface area contributed by atoms with Crippen LogP contribution in [0.5, 0.6) is 0 Å². The molecular weight excluding hydrogens is 222 g/mol. The Bertz CT molecular complexity index is 354. The lowest BCUT2D eigenvalue weighted by Gasteiger charge is -2.14. The summed E-state index contributed by atoms with van der Waals surface area (Å²) >= 11 is 1.62. The zero-order valence-corrected chi connectivity index (χ0v) is 9.74. The Kier molecular flexibility index (Phi) is 3.79. The van der Waals surface area contributed by atoms with E-state index in [9.17, 15) is 4.79 Å². The molecule has 16 heavy (non-hydrogen) atoms. The molecule has 0 bridgehead atoms. The van der Waals surface area contributed by atoms with Crippen molar-refractivity contribution in [2.75, 3.05) is 5.75 Å². The third-order valence-electron chi connectivity index (χ3n) is 2.42. The van der Waals surface area contributed by atoms with Crippen LogP contribution in [0, 0.1) is 0 Å². The standard InChI is InChI=1S/C11H15N3OS/c12-11(15)10(14-8-1-2-8)7-16-9-3-5-13-6-4-9/h3-6,8,10,14H,1-2,7H2,(H2,12,15). The fraction of sp³-hybridized carbons (Fsp3) is 0.455. The maximum atomic E-state index is 11.2. The van der Waals surface area contributed by atoms with E-state index in [2.05, 4.69) is 10.3 Å². The number of thioether (sulfide) groups is 1. The summed E-state index contributed by atoms with van der Waals surface area (Å²) in [6.07, 6.45) is 5.80. The second-order valence-electron chi connectivity index (χ2n) is 3.89. The molecule has 1 aromatic heterocycles. The minimum Gasteiger partial charge on any atom is -0.368 e. The van der Waals surface area contributed by atoms with Gasteiger partial charge < -0.3 is 11.1 Å². The summed E-state index contributed by atoms with van der Waals surface area (Å²) in [7, 11) is 0. The van der Waals surface area contributed by atoms with Crippen molar-refractivity contribution in [3.8, 4) is 0 Å². The van der Waals surface area contributed by atoms with Crippen molar-refractivity contribution < 1.29 is 4.79 Å². The number of nitrogens with two attached hydrogens (primary N) is 1. The van der Waals surface area contributed by atoms with Crippen molar-refractivity contribution in [3.05, 3.63) is 24.5 Å². The summed E-state index contributed by atoms with van der Waals surface area (Å²) < 4.78 is 0. The second-order valence-corrected chi connectivity index (χ2v) is 4.98. The molecule has 1 saturated carbocycles. The largest absolute Gasteiger partial charge is 0.368 e. The number of primary amides is 1. The van der Waals surface area contributed by atoms with E-state index in [4.69, 9.17) is 5.73 Å². The SMILES string of the molecule is NC(=O)C(CSc1ccncc1)NC1CC1. The topological polar surface area (TPSA) is 68.0 Å². The van der Waals surface area contributed by atoms with E-state index in [1.807, 2.05) is 12.1 Å². The van der Waals surface area contributed by atoms with Gasteiger partial charge in [0.25, 0.3) is 0 Å². The number of nitrogens with one attached hydrogen (secondary N) is 1. The van der Waals surface area contributed by atoms with Gasteiger partial charge in [-0.1, -0.05) is 0 Å². The number of pyridine rings is 1. The molecule has 86 valence electrons. The Balaban J connectivity index is 1.83. The zero-order chi connectivity index (χ0) is 11.4. The number of rotatable bonds is 6. The fourth-order valence-electron chi connectivity index (χ4n) is 1.36. The van der Waals surface area contributed by atoms with Crippen LogP contribution in [0.15, 0.2) is 29.4 Å². The predicted octanol–water partition coefficient (Wildman–Crippen LogP) is 0.780. The van der Waals surface area contributed by atoms with Gasteiger partial charge in [0.2, 0.25) is 5.91 Å². The molecule has 0 saturated heterocycles. The molecule has 5 heteroatoms. The number of nitrogens with zero attached hydrogens (tertiary/aromatic N) is 1. The van der Waals surface area contributed by atoms with E-state index in [0.717, 1.165) is 17.7 Å². The Morgan fingerprint density at radius 3 is 2.81 bits per heavy atom. The van der Waals surface area contributed by atoms with Gasteiger partial charge in [-0.25, -0.2) is 0 Å². The van der Waals surface area contributed by atoms with Crippen LogP contribution in [0.2, 0.25) is 0 Å². The predicted molar refractivity (Wildman–Crippen MR) is 64.1 cm³/mol. The van der Waals surface area contributed by atoms with Crippen molar-refractivity contribution >= 4 is 17.7 Å². The lowest BCUT2D eigenvalue weighted by molar-refractivity contribution is -0.119. The van der Waals surface area contributed by atoms with Gasteiger partial charge >= 0.3 is 0 Å². The Labute approximate surface area is 99.0 Å². The third-order valence-corrected chi connectivity index (χ3v) is 3.53. The molecule has 1 heterocycles. The van der Waals surface area contributed by atoms with Gasteiger partial charge in [0.15, 0.2) is 0 Å². The highest BCUT2D eigenvalue weighted by Crippen LogP contribution is 2.22. The lowest BCUT2D eigenvalue weighted by Crippen LogP contribution is -2.44. The first-order chi connectivity index (χ1) is 7.75. The maximum Gasteiger partial charge on any atom is 0.235 e. The number of hydrogen-bond donors (Lipinski definition) is 2. The van der Waals surface area contributed by atoms with E-state index in [1.165, 1.54) is 0 Å². The Morgan fingerprint density at radius 2 is 2.25 bits per heavy atom. The molecule has 1 amide bonds. The Hall–Kier alpha value is -1.07. The van der Waals surface area contributed by atoms with Crippen molar-refractivity contribution in [3.63, 3.8) is 0 Å². The Morgan fingerprint density at radius 1 is 1.56 bits per heavy atom. The van der Waals surface area contributed by atoms with E-state index >= 15 is 0 Å². The van der Waals surface area contributed by atoms with Crippen LogP contribution < -0.4 is 11.1 Å². The van der Waals surface area contributed by atoms with Gasteiger partial charge in [0.1, 0.15) is 0 Å². The lowest BCUT2D eigenvalue weighted by atomic mass is 10.3. The molecular formula is C11H15N3OS. The highest BCUT2D eigenvalue weighted by Gasteiger charge is 2.27. The molecule has 1 aromatic rings. The summed E-state index contributed by atoms with van der Waals surface area (Å²) in [5.74, 6) is 0.406. The van der Waals surface area contributed by atoms with Crippen LogP contribution >= 0.6 is 11.8 Å². The van der Waals surface area contributed by atoms with Crippen LogP contribution in [0.4, 0.5) is 0 Å². The number of hydrogen-bond acceptors (Lipinski definition) is 4. The summed E-state index contributed by atoms with van der Waals surface area (Å²) in [6, 6.07) is 4.13. The molecule has 1 fully saturated rings. The first kappa shape index (κ1) is 11.4. The van der Waals surface area contributed by atoms with Crippen LogP contribution in [0.25, 0.3) is 0 Å². The molecule has 0 aromatic carbocycles. The summed E-state index contributed by atoms with van der Waals surface area (Å²) in [4.78, 5) is 16.3. The average molecular weight is 237 g/mol. The smallest absolute Gasteiger partial charge is 0.235 e. The maximum absolute atomic E-state index is 11.2. The fourth-order valence-corrected chi connectivity index (χ4v) is 2.29. The normalized spacial score (nSPS) is 17.0. The summed E-state index contributed by atoms with van der Waals surface area (Å²) in [5, 5.41) is 3.25. The second kappa shape index (κ2) is 5.32. The van der Waals surface area contributed by atoms with Crippen molar-refractivity contribution in [2.24, 2.45) is 5.73 Å². The average Bonchev–Trinajstić information content (AvgIpc) is 3.09. The molecule has 0 spiro atoms. The van der Waals surface area contributed by atoms with Gasteiger partial charge in [0.05, 0.1) is 6.04 Å². The minimum atomic E-state index is -0.270. The van der Waals surface area contributed by atoms with Gasteiger partial charge in [-0.3, -0.25) is 9.78 Å². The van der Waals surface area contributed by atoms with Crippen LogP contribution in [0.1, 0.15) is 12.8 Å². The first-order valence-electron chi connectivity index (χ1n) is 5.34. The molecule has 3 N–H and O–H groups in total. The van der Waals surface area contributed by atoms with Gasteiger partial charge in [0, 0.05) is 29.1 Å². The summed E-state index contributed by atoms with van der Waals surface area (Å²) in [5.41, 5.74) is 5.35. The number of carbonyl (C=O) groups is 1. The van der Waals surface area contributed by atoms with E-state index < -0.39 is 0 Å². The van der Waals surface area contributed by atoms with Gasteiger partial charge in [-0.15, -0.1) is 11.8 Å². The summed E-state index contributed by atoms with van der Waals surface area (Å²) in [6.45, 7) is 0. The van der Waals surface area contributed by atoms with Gasteiger partial charge in [-0.2, -0.15) is 0 Å². The molecule has 0 radical (unpaired) electrons. The highest BCUT2D eigenvalue weighted by atomic mass is 32.2.